The van der Waals surface area contributed by atoms with Crippen LogP contribution in [-0.2, 0) is 16.0 Å². The van der Waals surface area contributed by atoms with E-state index < -0.39 is 11.4 Å². The highest BCUT2D eigenvalue weighted by atomic mass is 35.5. The molecule has 0 aliphatic rings. The van der Waals surface area contributed by atoms with Crippen LogP contribution in [0.2, 0.25) is 5.02 Å². The number of nitrogens with one attached hydrogen (secondary N) is 1. The summed E-state index contributed by atoms with van der Waals surface area (Å²) in [5.41, 5.74) is -0.191. The molecule has 0 saturated carbocycles. The minimum atomic E-state index is -0.990. The van der Waals surface area contributed by atoms with Gasteiger partial charge in [-0.2, -0.15) is 4.98 Å². The van der Waals surface area contributed by atoms with Gasteiger partial charge in [-0.15, -0.1) is 0 Å². The van der Waals surface area contributed by atoms with Crippen LogP contribution in [-0.4, -0.2) is 33.7 Å². The summed E-state index contributed by atoms with van der Waals surface area (Å²) in [4.78, 5) is 27.0. The average molecular weight is 366 g/mol. The molecule has 0 aliphatic heterocycles. The molecule has 8 heteroatoms. The molecule has 25 heavy (non-hydrogen) atoms. The number of hydrogen-bond donors (Lipinski definition) is 2. The Balaban J connectivity index is 1.78. The second-order valence-corrected chi connectivity index (χ2v) is 6.77. The van der Waals surface area contributed by atoms with Gasteiger partial charge in [0, 0.05) is 30.0 Å². The fraction of sp³-hybridized carbons (Fsp3) is 0.412. The van der Waals surface area contributed by atoms with Crippen LogP contribution in [0.25, 0.3) is 11.4 Å². The van der Waals surface area contributed by atoms with Gasteiger partial charge >= 0.3 is 5.97 Å². The van der Waals surface area contributed by atoms with Crippen LogP contribution in [0, 0.1) is 5.41 Å². The van der Waals surface area contributed by atoms with Crippen molar-refractivity contribution in [1.82, 2.24) is 15.5 Å². The minimum absolute atomic E-state index is 0.0858. The Bertz CT molecular complexity index is 741. The number of halogens is 1. The van der Waals surface area contributed by atoms with Gasteiger partial charge in [-0.1, -0.05) is 16.8 Å². The smallest absolute Gasteiger partial charge is 0.310 e. The zero-order chi connectivity index (χ0) is 18.4. The van der Waals surface area contributed by atoms with Crippen LogP contribution >= 0.6 is 11.6 Å². The molecule has 0 atom stereocenters. The van der Waals surface area contributed by atoms with Crippen LogP contribution in [0.4, 0.5) is 0 Å². The number of aryl methyl sites for hydroxylation is 1. The number of hydrogen-bond acceptors (Lipinski definition) is 5. The van der Waals surface area contributed by atoms with Crippen LogP contribution in [0.3, 0.4) is 0 Å². The summed E-state index contributed by atoms with van der Waals surface area (Å²) in [6, 6.07) is 7.09. The Morgan fingerprint density at radius 1 is 1.28 bits per heavy atom. The van der Waals surface area contributed by atoms with E-state index in [1.165, 1.54) is 0 Å². The van der Waals surface area contributed by atoms with Gasteiger partial charge in [0.2, 0.25) is 17.6 Å². The predicted molar refractivity (Wildman–Crippen MR) is 92.1 cm³/mol. The zero-order valence-electron chi connectivity index (χ0n) is 14.1. The number of nitrogens with zero attached hydrogens (tertiary/aromatic N) is 2. The van der Waals surface area contributed by atoms with Crippen molar-refractivity contribution in [3.63, 3.8) is 0 Å². The number of rotatable bonds is 8. The van der Waals surface area contributed by atoms with Crippen molar-refractivity contribution in [2.45, 2.75) is 33.1 Å². The molecule has 0 aliphatic carbocycles. The van der Waals surface area contributed by atoms with Crippen molar-refractivity contribution in [1.29, 1.82) is 0 Å². The maximum absolute atomic E-state index is 11.8. The third-order valence-electron chi connectivity index (χ3n) is 3.67. The quantitative estimate of drug-likeness (QED) is 0.745. The lowest BCUT2D eigenvalue weighted by Crippen LogP contribution is -2.38. The van der Waals surface area contributed by atoms with Crippen LogP contribution in [0.1, 0.15) is 32.6 Å². The summed E-state index contributed by atoms with van der Waals surface area (Å²) in [6.45, 7) is 3.21. The highest BCUT2D eigenvalue weighted by Gasteiger charge is 2.27. The number of benzene rings is 1. The minimum Gasteiger partial charge on any atom is -0.481 e. The monoisotopic (exact) mass is 365 g/mol. The lowest BCUT2D eigenvalue weighted by molar-refractivity contribution is -0.146. The summed E-state index contributed by atoms with van der Waals surface area (Å²) in [7, 11) is 0. The number of amides is 1. The maximum atomic E-state index is 11.8. The number of carbonyl (C=O) groups excluding carboxylic acids is 1. The van der Waals surface area contributed by atoms with Gasteiger partial charge in [0.05, 0.1) is 5.41 Å². The molecule has 134 valence electrons. The van der Waals surface area contributed by atoms with E-state index in [1.54, 1.807) is 38.1 Å². The third kappa shape index (κ3) is 5.56. The third-order valence-corrected chi connectivity index (χ3v) is 3.92. The number of aliphatic carboxylic acids is 1. The highest BCUT2D eigenvalue weighted by molar-refractivity contribution is 6.30. The molecule has 0 unspecified atom stereocenters. The van der Waals surface area contributed by atoms with Gasteiger partial charge in [0.15, 0.2) is 0 Å². The second kappa shape index (κ2) is 8.11. The first-order chi connectivity index (χ1) is 11.8. The van der Waals surface area contributed by atoms with Crippen LogP contribution < -0.4 is 5.32 Å². The summed E-state index contributed by atoms with van der Waals surface area (Å²) in [6.07, 6.45) is 1.26. The lowest BCUT2D eigenvalue weighted by atomic mass is 9.94. The normalized spacial score (nSPS) is 11.3. The standard InChI is InChI=1S/C17H20ClN3O4/c1-17(2,16(23)24)10-19-13(22)4-3-5-14-20-15(21-25-14)11-6-8-12(18)9-7-11/h6-9H,3-5,10H2,1-2H3,(H,19,22)(H,23,24). The second-order valence-electron chi connectivity index (χ2n) is 6.34. The molecule has 0 spiro atoms. The molecule has 0 saturated heterocycles. The van der Waals surface area contributed by atoms with E-state index in [0.29, 0.717) is 29.6 Å². The zero-order valence-corrected chi connectivity index (χ0v) is 14.8. The molecular weight excluding hydrogens is 346 g/mol. The molecule has 7 nitrogen and oxygen atoms in total. The maximum Gasteiger partial charge on any atom is 0.310 e. The SMILES string of the molecule is CC(C)(CNC(=O)CCCc1nc(-c2ccc(Cl)cc2)no1)C(=O)O. The Morgan fingerprint density at radius 3 is 2.60 bits per heavy atom. The number of carboxylic acid groups (broad SMARTS) is 1. The molecule has 2 aromatic rings. The van der Waals surface area contributed by atoms with E-state index in [-0.39, 0.29) is 18.9 Å². The van der Waals surface area contributed by atoms with Crippen molar-refractivity contribution >= 4 is 23.5 Å². The van der Waals surface area contributed by atoms with Crippen LogP contribution in [0.5, 0.6) is 0 Å². The Hall–Kier alpha value is -2.41. The first kappa shape index (κ1) is 18.9. The van der Waals surface area contributed by atoms with Crippen molar-refractivity contribution in [2.24, 2.45) is 5.41 Å². The fourth-order valence-corrected chi connectivity index (χ4v) is 2.08. The van der Waals surface area contributed by atoms with E-state index in [2.05, 4.69) is 15.5 Å². The number of carboxylic acids is 1. The fourth-order valence-electron chi connectivity index (χ4n) is 1.96. The van der Waals surface area contributed by atoms with Crippen molar-refractivity contribution in [3.05, 3.63) is 35.2 Å². The molecule has 0 radical (unpaired) electrons. The van der Waals surface area contributed by atoms with E-state index in [9.17, 15) is 9.59 Å². The van der Waals surface area contributed by atoms with E-state index >= 15 is 0 Å². The van der Waals surface area contributed by atoms with Gasteiger partial charge in [0.1, 0.15) is 0 Å². The van der Waals surface area contributed by atoms with Gasteiger partial charge in [-0.25, -0.2) is 0 Å². The largest absolute Gasteiger partial charge is 0.481 e. The molecule has 0 bridgehead atoms. The molecule has 0 fully saturated rings. The molecule has 1 amide bonds. The topological polar surface area (TPSA) is 105 Å². The average Bonchev–Trinajstić information content (AvgIpc) is 3.02. The Morgan fingerprint density at radius 2 is 1.96 bits per heavy atom. The molecule has 1 aromatic heterocycles. The van der Waals surface area contributed by atoms with E-state index in [1.807, 2.05) is 0 Å². The van der Waals surface area contributed by atoms with Crippen molar-refractivity contribution in [2.75, 3.05) is 6.54 Å². The number of carbonyl (C=O) groups is 2. The van der Waals surface area contributed by atoms with E-state index in [4.69, 9.17) is 21.2 Å². The van der Waals surface area contributed by atoms with Gasteiger partial charge in [-0.3, -0.25) is 9.59 Å². The van der Waals surface area contributed by atoms with Crippen molar-refractivity contribution in [3.8, 4) is 11.4 Å². The summed E-state index contributed by atoms with van der Waals surface area (Å²) in [5, 5.41) is 16.2. The van der Waals surface area contributed by atoms with Gasteiger partial charge < -0.3 is 14.9 Å². The summed E-state index contributed by atoms with van der Waals surface area (Å²) in [5.74, 6) is -0.233. The molecule has 1 aromatic carbocycles. The number of aromatic nitrogens is 2. The molecule has 2 N–H and O–H groups in total. The summed E-state index contributed by atoms with van der Waals surface area (Å²) >= 11 is 5.84. The Kier molecular flexibility index (Phi) is 6.14. The predicted octanol–water partition coefficient (Wildman–Crippen LogP) is 2.94. The highest BCUT2D eigenvalue weighted by Crippen LogP contribution is 2.19. The van der Waals surface area contributed by atoms with Gasteiger partial charge in [-0.05, 0) is 44.5 Å². The van der Waals surface area contributed by atoms with E-state index in [0.717, 1.165) is 5.56 Å². The first-order valence-corrected chi connectivity index (χ1v) is 8.24. The molecule has 2 rings (SSSR count). The lowest BCUT2D eigenvalue weighted by Gasteiger charge is -2.19. The van der Waals surface area contributed by atoms with Gasteiger partial charge in [0.25, 0.3) is 0 Å². The first-order valence-electron chi connectivity index (χ1n) is 7.86. The molecular formula is C17H20ClN3O4. The molecule has 1 heterocycles. The van der Waals surface area contributed by atoms with Crippen LogP contribution in [0.15, 0.2) is 28.8 Å². The summed E-state index contributed by atoms with van der Waals surface area (Å²) < 4.78 is 5.17. The van der Waals surface area contributed by atoms with Crippen molar-refractivity contribution < 1.29 is 19.2 Å². The Labute approximate surface area is 150 Å².